The molecule has 0 aliphatic carbocycles. The number of guanidine groups is 1. The lowest BCUT2D eigenvalue weighted by molar-refractivity contribution is 0.752. The van der Waals surface area contributed by atoms with E-state index in [1.807, 2.05) is 29.0 Å². The van der Waals surface area contributed by atoms with Crippen molar-refractivity contribution in [2.24, 2.45) is 12.0 Å². The number of rotatable bonds is 5. The van der Waals surface area contributed by atoms with Crippen LogP contribution in [0.5, 0.6) is 0 Å². The number of thiophene rings is 1. The molecule has 2 N–H and O–H groups in total. The molecule has 0 radical (unpaired) electrons. The molecule has 0 bridgehead atoms. The van der Waals surface area contributed by atoms with Gasteiger partial charge in [0.15, 0.2) is 5.96 Å². The third-order valence-corrected chi connectivity index (χ3v) is 5.44. The average molecular weight is 487 g/mol. The highest BCUT2D eigenvalue weighted by Gasteiger charge is 2.09. The van der Waals surface area contributed by atoms with E-state index in [4.69, 9.17) is 23.2 Å². The summed E-state index contributed by atoms with van der Waals surface area (Å²) in [6.07, 6.45) is 1.08. The average Bonchev–Trinajstić information content (AvgIpc) is 3.08. The first-order chi connectivity index (χ1) is 10.5. The molecule has 0 spiro atoms. The topological polar surface area (TPSA) is 41.4 Å². The van der Waals surface area contributed by atoms with Crippen molar-refractivity contribution in [3.8, 4) is 0 Å². The van der Waals surface area contributed by atoms with Crippen LogP contribution in [0.1, 0.15) is 22.4 Å². The van der Waals surface area contributed by atoms with E-state index in [1.165, 1.54) is 9.75 Å². The Morgan fingerprint density at radius 3 is 2.39 bits per heavy atom. The Hall–Kier alpha value is -0.440. The summed E-state index contributed by atoms with van der Waals surface area (Å²) in [4.78, 5) is 6.92. The van der Waals surface area contributed by atoms with Crippen molar-refractivity contribution in [3.05, 3.63) is 43.8 Å². The van der Waals surface area contributed by atoms with Gasteiger partial charge in [0.05, 0.1) is 18.1 Å². The minimum Gasteiger partial charge on any atom is -0.352 e. The van der Waals surface area contributed by atoms with E-state index in [9.17, 15) is 0 Å². The van der Waals surface area contributed by atoms with E-state index in [-0.39, 0.29) is 24.0 Å². The van der Waals surface area contributed by atoms with E-state index >= 15 is 0 Å². The molecule has 2 aromatic rings. The van der Waals surface area contributed by atoms with Gasteiger partial charge in [-0.15, -0.1) is 35.3 Å². The maximum absolute atomic E-state index is 6.06. The third-order valence-electron chi connectivity index (χ3n) is 3.37. The van der Waals surface area contributed by atoms with Crippen molar-refractivity contribution in [2.75, 3.05) is 7.05 Å². The lowest BCUT2D eigenvalue weighted by Crippen LogP contribution is -2.36. The van der Waals surface area contributed by atoms with Crippen LogP contribution in [0.25, 0.3) is 0 Å². The maximum Gasteiger partial charge on any atom is 0.191 e. The second kappa shape index (κ2) is 9.76. The van der Waals surface area contributed by atoms with Crippen LogP contribution in [-0.4, -0.2) is 17.6 Å². The van der Waals surface area contributed by atoms with Crippen LogP contribution < -0.4 is 10.6 Å². The smallest absolute Gasteiger partial charge is 0.191 e. The van der Waals surface area contributed by atoms with Crippen molar-refractivity contribution >= 4 is 64.5 Å². The summed E-state index contributed by atoms with van der Waals surface area (Å²) >= 11 is 13.9. The number of aliphatic imine (C=N–C) groups is 1. The fourth-order valence-corrected chi connectivity index (χ4v) is 3.35. The highest BCUT2D eigenvalue weighted by molar-refractivity contribution is 14.0. The molecule has 0 aliphatic heterocycles. The summed E-state index contributed by atoms with van der Waals surface area (Å²) in [5.74, 6) is 0.750. The number of nitrogens with zero attached hydrogens (tertiary/aromatic N) is 2. The fraction of sp³-hybridized carbons (Fsp3) is 0.400. The first-order valence-corrected chi connectivity index (χ1v) is 8.64. The van der Waals surface area contributed by atoms with Crippen molar-refractivity contribution in [1.29, 1.82) is 0 Å². The molecule has 2 heterocycles. The first kappa shape index (κ1) is 20.6. The zero-order valence-corrected chi connectivity index (χ0v) is 18.0. The van der Waals surface area contributed by atoms with Gasteiger partial charge >= 0.3 is 0 Å². The molecule has 0 aliphatic rings. The lowest BCUT2D eigenvalue weighted by atomic mass is 10.3. The van der Waals surface area contributed by atoms with Gasteiger partial charge in [-0.2, -0.15) is 0 Å². The van der Waals surface area contributed by atoms with Gasteiger partial charge in [0.25, 0.3) is 0 Å². The van der Waals surface area contributed by atoms with Crippen LogP contribution in [0.4, 0.5) is 0 Å². The number of nitrogens with one attached hydrogen (secondary N) is 2. The molecule has 4 nitrogen and oxygen atoms in total. The van der Waals surface area contributed by atoms with Gasteiger partial charge in [-0.25, -0.2) is 0 Å². The Labute approximate surface area is 168 Å². The summed E-state index contributed by atoms with van der Waals surface area (Å²) in [6.45, 7) is 3.53. The normalized spacial score (nSPS) is 11.3. The minimum absolute atomic E-state index is 0. The number of halogens is 3. The molecule has 128 valence electrons. The van der Waals surface area contributed by atoms with E-state index in [0.717, 1.165) is 24.6 Å². The molecule has 2 aromatic heterocycles. The summed E-state index contributed by atoms with van der Waals surface area (Å²) in [7, 11) is 3.64. The number of aryl methyl sites for hydroxylation is 1. The van der Waals surface area contributed by atoms with Gasteiger partial charge in [-0.05, 0) is 24.6 Å². The summed E-state index contributed by atoms with van der Waals surface area (Å²) in [6, 6.07) is 6.18. The van der Waals surface area contributed by atoms with E-state index < -0.39 is 0 Å². The zero-order chi connectivity index (χ0) is 16.1. The summed E-state index contributed by atoms with van der Waals surface area (Å²) in [5, 5.41) is 7.68. The summed E-state index contributed by atoms with van der Waals surface area (Å²) in [5.41, 5.74) is 1.00. The minimum atomic E-state index is 0. The molecule has 0 unspecified atom stereocenters. The lowest BCUT2D eigenvalue weighted by Gasteiger charge is -2.11. The van der Waals surface area contributed by atoms with Crippen molar-refractivity contribution < 1.29 is 0 Å². The Bertz CT molecular complexity index is 666. The quantitative estimate of drug-likeness (QED) is 0.372. The van der Waals surface area contributed by atoms with Gasteiger partial charge in [-0.3, -0.25) is 4.99 Å². The van der Waals surface area contributed by atoms with Gasteiger partial charge in [0.1, 0.15) is 5.15 Å². The molecule has 0 fully saturated rings. The first-order valence-electron chi connectivity index (χ1n) is 7.06. The highest BCUT2D eigenvalue weighted by atomic mass is 127. The molecular formula is C15H21Cl2IN4S. The van der Waals surface area contributed by atoms with E-state index in [0.29, 0.717) is 16.7 Å². The Morgan fingerprint density at radius 2 is 1.87 bits per heavy atom. The number of aromatic nitrogens is 1. The maximum atomic E-state index is 6.06. The van der Waals surface area contributed by atoms with Crippen LogP contribution in [0.2, 0.25) is 10.2 Å². The molecule has 0 saturated heterocycles. The van der Waals surface area contributed by atoms with Gasteiger partial charge in [-0.1, -0.05) is 30.1 Å². The molecule has 0 aromatic carbocycles. The van der Waals surface area contributed by atoms with Crippen molar-refractivity contribution in [1.82, 2.24) is 15.2 Å². The predicted molar refractivity (Wildman–Crippen MR) is 112 cm³/mol. The van der Waals surface area contributed by atoms with Crippen LogP contribution in [0, 0.1) is 0 Å². The van der Waals surface area contributed by atoms with Crippen LogP contribution in [0.3, 0.4) is 0 Å². The molecular weight excluding hydrogens is 466 g/mol. The van der Waals surface area contributed by atoms with Crippen molar-refractivity contribution in [2.45, 2.75) is 26.4 Å². The fourth-order valence-electron chi connectivity index (χ4n) is 2.03. The molecule has 23 heavy (non-hydrogen) atoms. The van der Waals surface area contributed by atoms with Crippen LogP contribution in [-0.2, 0) is 26.6 Å². The number of hydrogen-bond donors (Lipinski definition) is 2. The Kier molecular flexibility index (Phi) is 8.74. The van der Waals surface area contributed by atoms with Crippen molar-refractivity contribution in [3.63, 3.8) is 0 Å². The molecule has 0 atom stereocenters. The molecule has 2 rings (SSSR count). The molecule has 8 heteroatoms. The largest absolute Gasteiger partial charge is 0.352 e. The van der Waals surface area contributed by atoms with Gasteiger partial charge in [0.2, 0.25) is 0 Å². The molecule has 0 amide bonds. The summed E-state index contributed by atoms with van der Waals surface area (Å²) < 4.78 is 1.86. The monoisotopic (exact) mass is 486 g/mol. The van der Waals surface area contributed by atoms with Gasteiger partial charge < -0.3 is 15.2 Å². The van der Waals surface area contributed by atoms with E-state index in [2.05, 4.69) is 34.7 Å². The predicted octanol–water partition coefficient (Wildman–Crippen LogP) is 4.44. The standard InChI is InChI=1S/C15H20Cl2N4S.HI/c1-4-11-5-6-12(22-11)9-20-15(18-2)19-8-10-7-13(16)14(17)21(10)3;/h5-7H,4,8-9H2,1-3H3,(H2,18,19,20);1H. The Morgan fingerprint density at radius 1 is 1.22 bits per heavy atom. The van der Waals surface area contributed by atoms with Crippen LogP contribution in [0.15, 0.2) is 23.2 Å². The second-order valence-electron chi connectivity index (χ2n) is 4.83. The number of hydrogen-bond acceptors (Lipinski definition) is 2. The van der Waals surface area contributed by atoms with Crippen LogP contribution >= 0.6 is 58.5 Å². The molecule has 0 saturated carbocycles. The third kappa shape index (κ3) is 5.55. The SMILES string of the molecule is CCc1ccc(CNC(=NC)NCc2cc(Cl)c(Cl)n2C)s1.I. The highest BCUT2D eigenvalue weighted by Crippen LogP contribution is 2.24. The Balaban J connectivity index is 0.00000264. The second-order valence-corrected chi connectivity index (χ2v) is 6.85. The van der Waals surface area contributed by atoms with Gasteiger partial charge in [0, 0.05) is 29.5 Å². The van der Waals surface area contributed by atoms with E-state index in [1.54, 1.807) is 7.05 Å². The zero-order valence-electron chi connectivity index (χ0n) is 13.3.